The molecular formula is C24H26N2O7. The Morgan fingerprint density at radius 1 is 1.06 bits per heavy atom. The van der Waals surface area contributed by atoms with Crippen LogP contribution in [0, 0.1) is 5.92 Å². The molecule has 2 aliphatic rings. The van der Waals surface area contributed by atoms with Crippen molar-refractivity contribution in [3.63, 3.8) is 0 Å². The Kier molecular flexibility index (Phi) is 6.62. The van der Waals surface area contributed by atoms with Crippen LogP contribution in [0.1, 0.15) is 24.0 Å². The van der Waals surface area contributed by atoms with Crippen LogP contribution < -0.4 is 10.6 Å². The molecule has 9 heteroatoms. The Morgan fingerprint density at radius 2 is 1.67 bits per heavy atom. The number of hydrogen-bond acceptors (Lipinski definition) is 6. The molecular weight excluding hydrogens is 428 g/mol. The van der Waals surface area contributed by atoms with Crippen LogP contribution >= 0.6 is 0 Å². The predicted molar refractivity (Wildman–Crippen MR) is 118 cm³/mol. The highest BCUT2D eigenvalue weighted by Gasteiger charge is 2.38. The molecule has 4 atom stereocenters. The third kappa shape index (κ3) is 4.69. The molecule has 0 bridgehead atoms. The zero-order chi connectivity index (χ0) is 23.5. The SMILES string of the molecule is C[C@@H](O)[C@H](NC(=O)C1COCC1NC(=O)OCC1c2ccccc2-c2ccccc21)C(=O)O. The van der Waals surface area contributed by atoms with E-state index in [1.807, 2.05) is 48.5 Å². The summed E-state index contributed by atoms with van der Waals surface area (Å²) in [6.45, 7) is 1.52. The van der Waals surface area contributed by atoms with E-state index < -0.39 is 42.1 Å². The molecule has 9 nitrogen and oxygen atoms in total. The number of alkyl carbamates (subject to hydrolysis) is 1. The second-order valence-corrected chi connectivity index (χ2v) is 8.29. The molecule has 33 heavy (non-hydrogen) atoms. The summed E-state index contributed by atoms with van der Waals surface area (Å²) in [6.07, 6.45) is -1.96. The molecule has 0 saturated carbocycles. The van der Waals surface area contributed by atoms with Crippen molar-refractivity contribution in [1.29, 1.82) is 0 Å². The van der Waals surface area contributed by atoms with E-state index in [0.717, 1.165) is 22.3 Å². The van der Waals surface area contributed by atoms with E-state index in [-0.39, 0.29) is 25.7 Å². The lowest BCUT2D eigenvalue weighted by Crippen LogP contribution is -2.53. The summed E-state index contributed by atoms with van der Waals surface area (Å²) in [4.78, 5) is 36.3. The fourth-order valence-corrected chi connectivity index (χ4v) is 4.40. The van der Waals surface area contributed by atoms with Gasteiger partial charge in [-0.05, 0) is 29.2 Å². The molecule has 2 amide bonds. The number of carboxylic acid groups (broad SMARTS) is 1. The third-order valence-corrected chi connectivity index (χ3v) is 6.11. The van der Waals surface area contributed by atoms with Gasteiger partial charge in [-0.1, -0.05) is 48.5 Å². The number of carboxylic acids is 1. The average Bonchev–Trinajstić information content (AvgIpc) is 3.38. The van der Waals surface area contributed by atoms with E-state index in [1.165, 1.54) is 6.92 Å². The molecule has 1 fully saturated rings. The summed E-state index contributed by atoms with van der Waals surface area (Å²) in [5.74, 6) is -2.86. The van der Waals surface area contributed by atoms with Crippen LogP contribution in [0.5, 0.6) is 0 Å². The van der Waals surface area contributed by atoms with Gasteiger partial charge in [0.05, 0.1) is 31.3 Å². The highest BCUT2D eigenvalue weighted by Crippen LogP contribution is 2.44. The van der Waals surface area contributed by atoms with Crippen molar-refractivity contribution < 1.29 is 34.1 Å². The van der Waals surface area contributed by atoms with Crippen molar-refractivity contribution in [2.45, 2.75) is 31.0 Å². The van der Waals surface area contributed by atoms with E-state index in [0.29, 0.717) is 0 Å². The van der Waals surface area contributed by atoms with Gasteiger partial charge in [0.1, 0.15) is 6.61 Å². The van der Waals surface area contributed by atoms with Crippen LogP contribution in [0.3, 0.4) is 0 Å². The molecule has 0 aromatic heterocycles. The molecule has 174 valence electrons. The maximum absolute atomic E-state index is 12.5. The number of fused-ring (bicyclic) bond motifs is 3. The predicted octanol–water partition coefficient (Wildman–Crippen LogP) is 1.49. The maximum atomic E-state index is 12.5. The van der Waals surface area contributed by atoms with Crippen molar-refractivity contribution in [1.82, 2.24) is 10.6 Å². The Hall–Kier alpha value is -3.43. The van der Waals surface area contributed by atoms with Crippen LogP contribution in [-0.4, -0.2) is 66.2 Å². The van der Waals surface area contributed by atoms with Gasteiger partial charge in [0.2, 0.25) is 5.91 Å². The van der Waals surface area contributed by atoms with Crippen molar-refractivity contribution in [3.05, 3.63) is 59.7 Å². The summed E-state index contributed by atoms with van der Waals surface area (Å²) >= 11 is 0. The largest absolute Gasteiger partial charge is 0.480 e. The summed E-state index contributed by atoms with van der Waals surface area (Å²) in [5.41, 5.74) is 4.42. The van der Waals surface area contributed by atoms with Crippen molar-refractivity contribution in [2.75, 3.05) is 19.8 Å². The van der Waals surface area contributed by atoms with Gasteiger partial charge in [0, 0.05) is 5.92 Å². The van der Waals surface area contributed by atoms with Crippen molar-refractivity contribution >= 4 is 18.0 Å². The maximum Gasteiger partial charge on any atom is 0.407 e. The quantitative estimate of drug-likeness (QED) is 0.498. The van der Waals surface area contributed by atoms with Crippen LogP contribution in [-0.2, 0) is 19.1 Å². The van der Waals surface area contributed by atoms with E-state index >= 15 is 0 Å². The van der Waals surface area contributed by atoms with E-state index in [9.17, 15) is 19.5 Å². The van der Waals surface area contributed by atoms with E-state index in [4.69, 9.17) is 14.6 Å². The molecule has 4 rings (SSSR count). The first kappa shape index (κ1) is 22.8. The zero-order valence-electron chi connectivity index (χ0n) is 18.1. The highest BCUT2D eigenvalue weighted by molar-refractivity contribution is 5.86. The zero-order valence-corrected chi connectivity index (χ0v) is 18.1. The number of aliphatic carboxylic acids is 1. The number of rotatable bonds is 7. The Balaban J connectivity index is 1.37. The van der Waals surface area contributed by atoms with Crippen molar-refractivity contribution in [3.8, 4) is 11.1 Å². The molecule has 1 aliphatic heterocycles. The van der Waals surface area contributed by atoms with Gasteiger partial charge in [-0.3, -0.25) is 4.79 Å². The fourth-order valence-electron chi connectivity index (χ4n) is 4.40. The van der Waals surface area contributed by atoms with Gasteiger partial charge >= 0.3 is 12.1 Å². The topological polar surface area (TPSA) is 134 Å². The summed E-state index contributed by atoms with van der Waals surface area (Å²) in [6, 6.07) is 13.9. The fraction of sp³-hybridized carbons (Fsp3) is 0.375. The Bertz CT molecular complexity index is 1010. The first-order valence-electron chi connectivity index (χ1n) is 10.8. The normalized spacial score (nSPS) is 20.9. The number of carbonyl (C=O) groups is 3. The van der Waals surface area contributed by atoms with Gasteiger partial charge in [-0.15, -0.1) is 0 Å². The lowest BCUT2D eigenvalue weighted by molar-refractivity contribution is -0.145. The minimum Gasteiger partial charge on any atom is -0.480 e. The smallest absolute Gasteiger partial charge is 0.407 e. The van der Waals surface area contributed by atoms with Crippen LogP contribution in [0.15, 0.2) is 48.5 Å². The summed E-state index contributed by atoms with van der Waals surface area (Å²) in [5, 5.41) is 23.7. The van der Waals surface area contributed by atoms with E-state index in [2.05, 4.69) is 10.6 Å². The number of hydrogen-bond donors (Lipinski definition) is 4. The number of ether oxygens (including phenoxy) is 2. The lowest BCUT2D eigenvalue weighted by atomic mass is 9.98. The number of aliphatic hydroxyl groups excluding tert-OH is 1. The van der Waals surface area contributed by atoms with Gasteiger partial charge in [0.15, 0.2) is 6.04 Å². The number of carbonyl (C=O) groups excluding carboxylic acids is 2. The van der Waals surface area contributed by atoms with Gasteiger partial charge in [0.25, 0.3) is 0 Å². The molecule has 2 aromatic rings. The Morgan fingerprint density at radius 3 is 2.24 bits per heavy atom. The van der Waals surface area contributed by atoms with Gasteiger partial charge in [-0.2, -0.15) is 0 Å². The number of amides is 2. The third-order valence-electron chi connectivity index (χ3n) is 6.11. The lowest BCUT2D eigenvalue weighted by Gasteiger charge is -2.23. The average molecular weight is 454 g/mol. The number of nitrogens with one attached hydrogen (secondary N) is 2. The Labute approximate surface area is 190 Å². The highest BCUT2D eigenvalue weighted by atomic mass is 16.5. The van der Waals surface area contributed by atoms with Gasteiger partial charge < -0.3 is 30.3 Å². The molecule has 1 heterocycles. The molecule has 2 unspecified atom stereocenters. The summed E-state index contributed by atoms with van der Waals surface area (Å²) < 4.78 is 10.8. The first-order valence-corrected chi connectivity index (χ1v) is 10.8. The minimum absolute atomic E-state index is 0.0201. The van der Waals surface area contributed by atoms with Gasteiger partial charge in [-0.25, -0.2) is 9.59 Å². The minimum atomic E-state index is -1.45. The van der Waals surface area contributed by atoms with Crippen LogP contribution in [0.25, 0.3) is 11.1 Å². The number of benzene rings is 2. The molecule has 1 aliphatic carbocycles. The molecule has 2 aromatic carbocycles. The summed E-state index contributed by atoms with van der Waals surface area (Å²) in [7, 11) is 0. The van der Waals surface area contributed by atoms with Crippen molar-refractivity contribution in [2.24, 2.45) is 5.92 Å². The molecule has 0 spiro atoms. The molecule has 0 radical (unpaired) electrons. The monoisotopic (exact) mass is 454 g/mol. The number of aliphatic hydroxyl groups is 1. The second-order valence-electron chi connectivity index (χ2n) is 8.29. The standard InChI is InChI=1S/C24H26N2O7/c1-13(27)21(23(29)30)26-22(28)19-10-32-12-20(19)25-24(31)33-11-18-16-8-4-2-6-14(16)15-7-3-5-9-17(15)18/h2-9,13,18-21,27H,10-12H2,1H3,(H,25,31)(H,26,28)(H,29,30)/t13-,19?,20?,21+/m1/s1. The van der Waals surface area contributed by atoms with E-state index in [1.54, 1.807) is 0 Å². The van der Waals surface area contributed by atoms with Crippen LogP contribution in [0.4, 0.5) is 4.79 Å². The second kappa shape index (κ2) is 9.60. The van der Waals surface area contributed by atoms with Crippen LogP contribution in [0.2, 0.25) is 0 Å². The molecule has 4 N–H and O–H groups in total. The molecule has 1 saturated heterocycles. The first-order chi connectivity index (χ1) is 15.9.